The van der Waals surface area contributed by atoms with Crippen LogP contribution in [0.3, 0.4) is 0 Å². The number of carbonyl (C=O) groups excluding carboxylic acids is 3. The first-order valence-corrected chi connectivity index (χ1v) is 16.5. The van der Waals surface area contributed by atoms with E-state index in [4.69, 9.17) is 0 Å². The first-order chi connectivity index (χ1) is 20.3. The fourth-order valence-electron chi connectivity index (χ4n) is 5.21. The summed E-state index contributed by atoms with van der Waals surface area (Å²) in [5.74, 6) is -1.84. The molecule has 0 saturated heterocycles. The molecule has 2 aromatic rings. The van der Waals surface area contributed by atoms with Crippen molar-refractivity contribution in [3.05, 3.63) is 83.4 Å². The first kappa shape index (κ1) is 36.7. The van der Waals surface area contributed by atoms with E-state index < -0.39 is 44.9 Å². The van der Waals surface area contributed by atoms with E-state index in [1.165, 1.54) is 11.8 Å². The molecule has 0 bridgehead atoms. The van der Waals surface area contributed by atoms with Gasteiger partial charge in [0.2, 0.25) is 21.8 Å². The summed E-state index contributed by atoms with van der Waals surface area (Å²) in [5.41, 5.74) is 0.486. The smallest absolute Gasteiger partial charge is 0.260 e. The van der Waals surface area contributed by atoms with Crippen molar-refractivity contribution >= 4 is 27.7 Å². The predicted molar refractivity (Wildman–Crippen MR) is 176 cm³/mol. The van der Waals surface area contributed by atoms with Gasteiger partial charge in [-0.1, -0.05) is 115 Å². The summed E-state index contributed by atoms with van der Waals surface area (Å²) >= 11 is 0. The Morgan fingerprint density at radius 3 is 1.89 bits per heavy atom. The van der Waals surface area contributed by atoms with Crippen LogP contribution in [-0.4, -0.2) is 63.3 Å². The zero-order chi connectivity index (χ0) is 33.5. The van der Waals surface area contributed by atoms with Gasteiger partial charge in [0, 0.05) is 18.0 Å². The van der Waals surface area contributed by atoms with Crippen molar-refractivity contribution in [2.24, 2.45) is 11.3 Å². The summed E-state index contributed by atoms with van der Waals surface area (Å²) in [7, 11) is -0.576. The highest BCUT2D eigenvalue weighted by Gasteiger charge is 2.41. The highest BCUT2D eigenvalue weighted by Crippen LogP contribution is 2.29. The maximum atomic E-state index is 14.1. The van der Waals surface area contributed by atoms with Gasteiger partial charge in [-0.3, -0.25) is 14.4 Å². The monoisotopic (exact) mass is 626 g/mol. The molecule has 2 aromatic carbocycles. The number of sulfonamides is 1. The molecule has 242 valence electrons. The Labute approximate surface area is 263 Å². The van der Waals surface area contributed by atoms with Crippen molar-refractivity contribution in [1.29, 1.82) is 0 Å². The molecule has 0 aliphatic rings. The van der Waals surface area contributed by atoms with Gasteiger partial charge in [-0.15, -0.1) is 0 Å². The van der Waals surface area contributed by atoms with Gasteiger partial charge in [0.1, 0.15) is 6.04 Å². The molecular formula is C34H50N4O5S. The molecule has 2 rings (SSSR count). The average molecular weight is 627 g/mol. The van der Waals surface area contributed by atoms with Crippen LogP contribution in [0.1, 0.15) is 66.5 Å². The Bertz CT molecular complexity index is 1410. The molecule has 3 amide bonds. The van der Waals surface area contributed by atoms with Gasteiger partial charge in [0.25, 0.3) is 5.91 Å². The number of hydrogen-bond donors (Lipinski definition) is 3. The minimum Gasteiger partial charge on any atom is -0.342 e. The summed E-state index contributed by atoms with van der Waals surface area (Å²) in [5, 5.41) is 6.16. The molecule has 0 radical (unpaired) electrons. The van der Waals surface area contributed by atoms with Crippen LogP contribution in [0, 0.1) is 11.3 Å². The Kier molecular flexibility index (Phi) is 12.5. The lowest BCUT2D eigenvalue weighted by Gasteiger charge is -2.40. The quantitative estimate of drug-likeness (QED) is 0.287. The molecule has 3 N–H and O–H groups in total. The third-order valence-electron chi connectivity index (χ3n) is 7.89. The zero-order valence-electron chi connectivity index (χ0n) is 27.8. The number of carbonyl (C=O) groups is 3. The number of amides is 3. The van der Waals surface area contributed by atoms with Crippen LogP contribution in [-0.2, 0) is 35.6 Å². The second-order valence-electron chi connectivity index (χ2n) is 13.3. The minimum atomic E-state index is -3.94. The van der Waals surface area contributed by atoms with Crippen molar-refractivity contribution in [3.8, 4) is 0 Å². The van der Waals surface area contributed by atoms with E-state index in [2.05, 4.69) is 15.4 Å². The maximum Gasteiger partial charge on any atom is 0.260 e. The van der Waals surface area contributed by atoms with Crippen molar-refractivity contribution in [3.63, 3.8) is 0 Å². The van der Waals surface area contributed by atoms with Gasteiger partial charge in [0.05, 0.1) is 17.8 Å². The Morgan fingerprint density at radius 1 is 0.886 bits per heavy atom. The molecule has 0 heterocycles. The molecule has 0 spiro atoms. The normalized spacial score (nSPS) is 14.8. The topological polar surface area (TPSA) is 125 Å². The molecule has 44 heavy (non-hydrogen) atoms. The second kappa shape index (κ2) is 15.0. The molecule has 9 nitrogen and oxygen atoms in total. The first-order valence-electron chi connectivity index (χ1n) is 14.9. The highest BCUT2D eigenvalue weighted by atomic mass is 32.2. The Balaban J connectivity index is 2.29. The van der Waals surface area contributed by atoms with E-state index in [0.717, 1.165) is 5.56 Å². The zero-order valence-corrected chi connectivity index (χ0v) is 28.6. The third-order valence-corrected chi connectivity index (χ3v) is 9.10. The van der Waals surface area contributed by atoms with Crippen molar-refractivity contribution in [2.75, 3.05) is 14.1 Å². The van der Waals surface area contributed by atoms with Gasteiger partial charge < -0.3 is 15.5 Å². The van der Waals surface area contributed by atoms with E-state index in [1.54, 1.807) is 50.5 Å². The van der Waals surface area contributed by atoms with Crippen LogP contribution in [0.2, 0.25) is 0 Å². The SMILES string of the molecule is CNC(C(=O)NC(C(=O)N(C)C(C=C(C)C(=O)NS(=O)(=O)Cc1ccccc1)C(C)C)C(C)(C)C)C(C)(C)c1ccccc1. The molecular weight excluding hydrogens is 576 g/mol. The molecule has 3 unspecified atom stereocenters. The number of nitrogens with one attached hydrogen (secondary N) is 3. The third kappa shape index (κ3) is 9.75. The van der Waals surface area contributed by atoms with Crippen LogP contribution in [0.5, 0.6) is 0 Å². The van der Waals surface area contributed by atoms with E-state index >= 15 is 0 Å². The number of hydrogen-bond acceptors (Lipinski definition) is 6. The number of rotatable bonds is 13. The Morgan fingerprint density at radius 2 is 1.41 bits per heavy atom. The second-order valence-corrected chi connectivity index (χ2v) is 15.0. The summed E-state index contributed by atoms with van der Waals surface area (Å²) < 4.78 is 27.4. The highest BCUT2D eigenvalue weighted by molar-refractivity contribution is 7.89. The van der Waals surface area contributed by atoms with Gasteiger partial charge in [-0.05, 0) is 36.4 Å². The van der Waals surface area contributed by atoms with Crippen LogP contribution < -0.4 is 15.4 Å². The fraction of sp³-hybridized carbons (Fsp3) is 0.500. The summed E-state index contributed by atoms with van der Waals surface area (Å²) in [6.07, 6.45) is 1.60. The van der Waals surface area contributed by atoms with Crippen LogP contribution in [0.25, 0.3) is 0 Å². The van der Waals surface area contributed by atoms with Gasteiger partial charge in [0.15, 0.2) is 0 Å². The minimum absolute atomic E-state index is 0.119. The van der Waals surface area contributed by atoms with E-state index in [0.29, 0.717) is 5.56 Å². The maximum absolute atomic E-state index is 14.1. The van der Waals surface area contributed by atoms with E-state index in [9.17, 15) is 22.8 Å². The summed E-state index contributed by atoms with van der Waals surface area (Å²) in [6, 6.07) is 16.3. The van der Waals surface area contributed by atoms with Crippen molar-refractivity contribution in [2.45, 2.75) is 84.7 Å². The van der Waals surface area contributed by atoms with Gasteiger partial charge in [-0.25, -0.2) is 13.1 Å². The van der Waals surface area contributed by atoms with Gasteiger partial charge in [-0.2, -0.15) is 0 Å². The average Bonchev–Trinajstić information content (AvgIpc) is 2.93. The van der Waals surface area contributed by atoms with Crippen LogP contribution in [0.15, 0.2) is 72.3 Å². The molecule has 0 fully saturated rings. The van der Waals surface area contributed by atoms with Crippen LogP contribution in [0.4, 0.5) is 0 Å². The van der Waals surface area contributed by atoms with Gasteiger partial charge >= 0.3 is 0 Å². The standard InChI is InChI=1S/C34H50N4O5S/c1-23(2)27(21-24(3)30(39)37-44(42,43)22-25-17-13-11-14-18-25)38(10)32(41)29(33(4,5)6)36-31(40)28(35-9)34(7,8)26-19-15-12-16-20-26/h11-21,23,27-29,35H,22H2,1-10H3,(H,36,40)(H,37,39). The number of nitrogens with zero attached hydrogens (tertiary/aromatic N) is 1. The lowest BCUT2D eigenvalue weighted by atomic mass is 9.76. The van der Waals surface area contributed by atoms with Crippen molar-refractivity contribution in [1.82, 2.24) is 20.3 Å². The van der Waals surface area contributed by atoms with Crippen molar-refractivity contribution < 1.29 is 22.8 Å². The largest absolute Gasteiger partial charge is 0.342 e. The summed E-state index contributed by atoms with van der Waals surface area (Å²) in [4.78, 5) is 42.2. The lowest BCUT2D eigenvalue weighted by Crippen LogP contribution is -2.61. The Hall–Kier alpha value is -3.50. The lowest BCUT2D eigenvalue weighted by molar-refractivity contribution is -0.140. The van der Waals surface area contributed by atoms with E-state index in [1.807, 2.05) is 78.8 Å². The number of likely N-dealkylation sites (N-methyl/N-ethyl adjacent to an activating group) is 2. The number of benzene rings is 2. The molecule has 0 aliphatic heterocycles. The molecule has 3 atom stereocenters. The molecule has 10 heteroatoms. The van der Waals surface area contributed by atoms with E-state index in [-0.39, 0.29) is 29.1 Å². The summed E-state index contributed by atoms with van der Waals surface area (Å²) in [6.45, 7) is 15.0. The van der Waals surface area contributed by atoms with Crippen LogP contribution >= 0.6 is 0 Å². The molecule has 0 aliphatic carbocycles. The fourth-order valence-corrected chi connectivity index (χ4v) is 6.36. The molecule has 0 aromatic heterocycles. The predicted octanol–water partition coefficient (Wildman–Crippen LogP) is 4.16. The molecule has 0 saturated carbocycles.